The predicted octanol–water partition coefficient (Wildman–Crippen LogP) is 4.00. The first-order valence-corrected chi connectivity index (χ1v) is 14.1. The van der Waals surface area contributed by atoms with E-state index >= 15 is 0 Å². The van der Waals surface area contributed by atoms with Crippen molar-refractivity contribution in [2.45, 2.75) is 24.7 Å². The lowest BCUT2D eigenvalue weighted by Gasteiger charge is -2.15. The van der Waals surface area contributed by atoms with Gasteiger partial charge in [-0.05, 0) is 62.2 Å². The molecule has 0 spiro atoms. The maximum absolute atomic E-state index is 13.1. The van der Waals surface area contributed by atoms with Crippen LogP contribution in [-0.2, 0) is 10.0 Å². The smallest absolute Gasteiger partial charge is 0.256 e. The van der Waals surface area contributed by atoms with Crippen LogP contribution >= 0.6 is 11.6 Å². The van der Waals surface area contributed by atoms with Crippen LogP contribution in [0.4, 0.5) is 5.82 Å². The van der Waals surface area contributed by atoms with Crippen LogP contribution in [-0.4, -0.2) is 61.2 Å². The largest absolute Gasteiger partial charge is 0.306 e. The fourth-order valence-corrected chi connectivity index (χ4v) is 6.29. The van der Waals surface area contributed by atoms with E-state index in [9.17, 15) is 13.2 Å². The SMILES string of the molecule is Cc1cc(NC(=O)c2ccc(S(=O)(=O)N3CCCC3)cc2)n(-c2ncnc3c2cnn3-c2cccc(Cl)c2)n1. The number of benzene rings is 2. The Morgan fingerprint density at radius 3 is 2.51 bits per heavy atom. The third-order valence-electron chi connectivity index (χ3n) is 6.49. The van der Waals surface area contributed by atoms with E-state index in [1.54, 1.807) is 36.0 Å². The van der Waals surface area contributed by atoms with Gasteiger partial charge in [-0.25, -0.2) is 23.1 Å². The molecule has 4 heterocycles. The molecule has 0 saturated carbocycles. The number of fused-ring (bicyclic) bond motifs is 1. The van der Waals surface area contributed by atoms with Gasteiger partial charge in [0.25, 0.3) is 5.91 Å². The van der Waals surface area contributed by atoms with Crippen LogP contribution in [0.1, 0.15) is 28.9 Å². The number of aryl methyl sites for hydroxylation is 1. The molecule has 1 saturated heterocycles. The minimum absolute atomic E-state index is 0.168. The summed E-state index contributed by atoms with van der Waals surface area (Å²) in [6.07, 6.45) is 4.75. The van der Waals surface area contributed by atoms with Gasteiger partial charge in [-0.3, -0.25) is 4.79 Å². The molecule has 0 radical (unpaired) electrons. The summed E-state index contributed by atoms with van der Waals surface area (Å²) in [5.74, 6) is 0.409. The molecule has 11 nitrogen and oxygen atoms in total. The Morgan fingerprint density at radius 2 is 1.77 bits per heavy atom. The minimum Gasteiger partial charge on any atom is -0.306 e. The summed E-state index contributed by atoms with van der Waals surface area (Å²) in [5.41, 5.74) is 2.25. The second kappa shape index (κ2) is 9.88. The maximum atomic E-state index is 13.1. The number of amides is 1. The van der Waals surface area contributed by atoms with E-state index < -0.39 is 15.9 Å². The first kappa shape index (κ1) is 25.2. The summed E-state index contributed by atoms with van der Waals surface area (Å²) in [4.78, 5) is 22.1. The molecule has 1 amide bonds. The Labute approximate surface area is 229 Å². The fourth-order valence-electron chi connectivity index (χ4n) is 4.59. The summed E-state index contributed by atoms with van der Waals surface area (Å²) < 4.78 is 30.3. The first-order valence-electron chi connectivity index (χ1n) is 12.2. The van der Waals surface area contributed by atoms with E-state index in [0.717, 1.165) is 18.5 Å². The molecule has 0 unspecified atom stereocenters. The molecule has 5 aromatic rings. The molecule has 6 rings (SSSR count). The standard InChI is InChI=1S/C26H23ClN8O3S/c1-17-13-23(31-26(36)18-7-9-21(10-8-18)39(37,38)33-11-2-3-12-33)35(32-17)25-22-15-30-34(24(22)28-16-29-25)20-6-4-5-19(27)14-20/h4-10,13-16H,2-3,11-12H2,1H3,(H,31,36). The van der Waals surface area contributed by atoms with E-state index in [1.807, 2.05) is 12.1 Å². The van der Waals surface area contributed by atoms with Gasteiger partial charge in [0.1, 0.15) is 12.1 Å². The van der Waals surface area contributed by atoms with Crippen LogP contribution in [0, 0.1) is 6.92 Å². The van der Waals surface area contributed by atoms with Crippen LogP contribution in [0.15, 0.2) is 72.0 Å². The molecule has 1 fully saturated rings. The van der Waals surface area contributed by atoms with Crippen LogP contribution < -0.4 is 5.32 Å². The molecular formula is C26H23ClN8O3S. The highest BCUT2D eigenvalue weighted by atomic mass is 35.5. The van der Waals surface area contributed by atoms with Crippen molar-refractivity contribution in [2.24, 2.45) is 0 Å². The zero-order valence-corrected chi connectivity index (χ0v) is 22.4. The Hall–Kier alpha value is -4.13. The second-order valence-corrected chi connectivity index (χ2v) is 11.5. The molecule has 39 heavy (non-hydrogen) atoms. The molecule has 2 aromatic carbocycles. The molecule has 1 aliphatic rings. The van der Waals surface area contributed by atoms with Crippen molar-refractivity contribution in [3.63, 3.8) is 0 Å². The van der Waals surface area contributed by atoms with Crippen molar-refractivity contribution >= 4 is 44.4 Å². The number of rotatable bonds is 6. The fraction of sp³-hybridized carbons (Fsp3) is 0.192. The lowest BCUT2D eigenvalue weighted by Crippen LogP contribution is -2.27. The van der Waals surface area contributed by atoms with E-state index in [-0.39, 0.29) is 4.90 Å². The average molecular weight is 563 g/mol. The third kappa shape index (κ3) is 4.67. The number of anilines is 1. The normalized spacial score (nSPS) is 14.2. The Morgan fingerprint density at radius 1 is 1.00 bits per heavy atom. The number of sulfonamides is 1. The van der Waals surface area contributed by atoms with Crippen LogP contribution in [0.25, 0.3) is 22.5 Å². The monoisotopic (exact) mass is 562 g/mol. The van der Waals surface area contributed by atoms with Gasteiger partial charge in [0, 0.05) is 29.7 Å². The van der Waals surface area contributed by atoms with Gasteiger partial charge in [-0.1, -0.05) is 17.7 Å². The number of nitrogens with one attached hydrogen (secondary N) is 1. The van der Waals surface area contributed by atoms with Gasteiger partial charge in [-0.15, -0.1) is 0 Å². The van der Waals surface area contributed by atoms with Gasteiger partial charge in [0.15, 0.2) is 11.5 Å². The Bertz CT molecular complexity index is 1810. The molecule has 198 valence electrons. The van der Waals surface area contributed by atoms with E-state index in [0.29, 0.717) is 52.0 Å². The zero-order valence-electron chi connectivity index (χ0n) is 20.8. The molecule has 1 N–H and O–H groups in total. The van der Waals surface area contributed by atoms with Gasteiger partial charge in [0.2, 0.25) is 10.0 Å². The molecule has 13 heteroatoms. The number of aromatic nitrogens is 6. The number of halogens is 1. The predicted molar refractivity (Wildman–Crippen MR) is 146 cm³/mol. The topological polar surface area (TPSA) is 128 Å². The molecule has 0 aliphatic carbocycles. The van der Waals surface area contributed by atoms with Crippen molar-refractivity contribution in [2.75, 3.05) is 18.4 Å². The van der Waals surface area contributed by atoms with Crippen molar-refractivity contribution in [3.8, 4) is 11.5 Å². The van der Waals surface area contributed by atoms with Crippen molar-refractivity contribution < 1.29 is 13.2 Å². The average Bonchev–Trinajstić information content (AvgIpc) is 3.69. The Kier molecular flexibility index (Phi) is 6.37. The highest BCUT2D eigenvalue weighted by Crippen LogP contribution is 2.26. The molecular weight excluding hydrogens is 540 g/mol. The van der Waals surface area contributed by atoms with Gasteiger partial charge in [0.05, 0.1) is 27.9 Å². The van der Waals surface area contributed by atoms with Gasteiger partial charge in [-0.2, -0.15) is 19.2 Å². The van der Waals surface area contributed by atoms with Crippen molar-refractivity contribution in [1.82, 2.24) is 33.8 Å². The van der Waals surface area contributed by atoms with E-state index in [4.69, 9.17) is 11.6 Å². The molecule has 0 atom stereocenters. The highest BCUT2D eigenvalue weighted by Gasteiger charge is 2.27. The summed E-state index contributed by atoms with van der Waals surface area (Å²) in [6.45, 7) is 2.84. The van der Waals surface area contributed by atoms with Gasteiger partial charge < -0.3 is 5.32 Å². The molecule has 3 aromatic heterocycles. The lowest BCUT2D eigenvalue weighted by atomic mass is 10.2. The summed E-state index contributed by atoms with van der Waals surface area (Å²) in [5, 5.41) is 13.1. The van der Waals surface area contributed by atoms with Crippen LogP contribution in [0.3, 0.4) is 0 Å². The van der Waals surface area contributed by atoms with Crippen LogP contribution in [0.2, 0.25) is 5.02 Å². The maximum Gasteiger partial charge on any atom is 0.256 e. The number of carbonyl (C=O) groups is 1. The number of hydrogen-bond donors (Lipinski definition) is 1. The Balaban J connectivity index is 1.30. The molecule has 1 aliphatic heterocycles. The minimum atomic E-state index is -3.56. The number of hydrogen-bond acceptors (Lipinski definition) is 7. The summed E-state index contributed by atoms with van der Waals surface area (Å²) in [7, 11) is -3.56. The highest BCUT2D eigenvalue weighted by molar-refractivity contribution is 7.89. The number of carbonyl (C=O) groups excluding carboxylic acids is 1. The van der Waals surface area contributed by atoms with Crippen LogP contribution in [0.5, 0.6) is 0 Å². The van der Waals surface area contributed by atoms with E-state index in [1.165, 1.54) is 39.6 Å². The molecule has 0 bridgehead atoms. The van der Waals surface area contributed by atoms with E-state index in [2.05, 4.69) is 25.5 Å². The summed E-state index contributed by atoms with van der Waals surface area (Å²) in [6, 6.07) is 14.9. The zero-order chi connectivity index (χ0) is 27.1. The number of nitrogens with zero attached hydrogens (tertiary/aromatic N) is 7. The van der Waals surface area contributed by atoms with Crippen molar-refractivity contribution in [1.29, 1.82) is 0 Å². The van der Waals surface area contributed by atoms with Gasteiger partial charge >= 0.3 is 0 Å². The summed E-state index contributed by atoms with van der Waals surface area (Å²) >= 11 is 6.16. The third-order valence-corrected chi connectivity index (χ3v) is 8.64. The second-order valence-electron chi connectivity index (χ2n) is 9.14. The lowest BCUT2D eigenvalue weighted by molar-refractivity contribution is 0.102. The van der Waals surface area contributed by atoms with Crippen molar-refractivity contribution in [3.05, 3.63) is 83.4 Å². The first-order chi connectivity index (χ1) is 18.8. The quantitative estimate of drug-likeness (QED) is 0.331.